The first-order chi connectivity index (χ1) is 72.1. The summed E-state index contributed by atoms with van der Waals surface area (Å²) in [4.78, 5) is 80.5. The Labute approximate surface area is 862 Å². The molecule has 9 saturated heterocycles. The Morgan fingerprint density at radius 2 is 0.785 bits per heavy atom. The third kappa shape index (κ3) is 32.2. The van der Waals surface area contributed by atoms with E-state index in [-0.39, 0.29) is 175 Å². The fraction of sp³-hybridized carbons (Fsp3) is 0.753. The highest BCUT2D eigenvalue weighted by molar-refractivity contribution is 5.86. The molecule has 149 heavy (non-hydrogen) atoms. The Balaban J connectivity index is 0.507. The van der Waals surface area contributed by atoms with Gasteiger partial charge < -0.3 is 165 Å². The van der Waals surface area contributed by atoms with Crippen LogP contribution in [0.1, 0.15) is 122 Å². The molecule has 6 N–H and O–H groups in total. The van der Waals surface area contributed by atoms with Crippen molar-refractivity contribution in [1.29, 1.82) is 0 Å². The van der Waals surface area contributed by atoms with Gasteiger partial charge in [0, 0.05) is 44.6 Å². The van der Waals surface area contributed by atoms with E-state index in [1.54, 1.807) is 32.6 Å². The van der Waals surface area contributed by atoms with Crippen LogP contribution >= 0.6 is 0 Å². The number of alkyl carbamates (subject to hydrolysis) is 1. The van der Waals surface area contributed by atoms with Crippen LogP contribution in [0.5, 0.6) is 0 Å². The molecule has 826 valence electrons. The lowest BCUT2D eigenvalue weighted by Crippen LogP contribution is -2.65. The first-order valence-corrected chi connectivity index (χ1v) is 50.9. The molecule has 2 aromatic carbocycles. The summed E-state index contributed by atoms with van der Waals surface area (Å²) in [6.45, 7) is 23.0. The minimum absolute atomic E-state index is 0.00399. The topological polar surface area (TPSA) is 574 Å². The number of unbranched alkanes of at least 4 members (excludes halogenated alkanes) is 2. The second-order valence-corrected chi connectivity index (χ2v) is 39.3. The van der Waals surface area contributed by atoms with Crippen LogP contribution in [0.15, 0.2) is 72.2 Å². The molecule has 12 heterocycles. The average Bonchev–Trinajstić information content (AvgIpc) is 1.57. The minimum Gasteiger partial charge on any atom is -0.449 e. The van der Waals surface area contributed by atoms with Gasteiger partial charge in [0.1, 0.15) is 107 Å². The maximum Gasteiger partial charge on any atom is 0.407 e. The third-order valence-corrected chi connectivity index (χ3v) is 26.0. The van der Waals surface area contributed by atoms with Gasteiger partial charge in [0.05, 0.1) is 263 Å². The minimum atomic E-state index is -1.39. The van der Waals surface area contributed by atoms with E-state index in [1.807, 2.05) is 90.1 Å². The zero-order valence-corrected chi connectivity index (χ0v) is 86.1. The van der Waals surface area contributed by atoms with E-state index < -0.39 is 131 Å². The molecule has 5 aromatic rings. The van der Waals surface area contributed by atoms with Crippen molar-refractivity contribution in [2.24, 2.45) is 5.11 Å². The zero-order chi connectivity index (χ0) is 105. The van der Waals surface area contributed by atoms with Gasteiger partial charge in [0.2, 0.25) is 29.5 Å². The number of benzene rings is 2. The summed E-state index contributed by atoms with van der Waals surface area (Å²) >= 11 is 0. The van der Waals surface area contributed by atoms with Gasteiger partial charge in [-0.2, -0.15) is 0 Å². The van der Waals surface area contributed by atoms with Crippen LogP contribution < -0.4 is 31.9 Å². The summed E-state index contributed by atoms with van der Waals surface area (Å²) in [5, 5.41) is 46.9. The van der Waals surface area contributed by atoms with E-state index in [0.29, 0.717) is 155 Å². The number of hydrogen-bond donors (Lipinski definition) is 6. The van der Waals surface area contributed by atoms with Gasteiger partial charge in [-0.05, 0) is 82.2 Å². The first-order valence-electron chi connectivity index (χ1n) is 50.9. The lowest BCUT2D eigenvalue weighted by molar-refractivity contribution is -0.214. The summed E-state index contributed by atoms with van der Waals surface area (Å²) < 4.78 is 175. The molecule has 6 bridgehead atoms. The zero-order valence-electron chi connectivity index (χ0n) is 86.1. The summed E-state index contributed by atoms with van der Waals surface area (Å²) in [7, 11) is 0. The second kappa shape index (κ2) is 55.0. The van der Waals surface area contributed by atoms with Crippen LogP contribution in [-0.2, 0) is 196 Å². The maximum absolute atomic E-state index is 14.5. The number of hydrogen-bond acceptors (Lipinski definition) is 41. The summed E-state index contributed by atoms with van der Waals surface area (Å²) in [5.41, 5.74) is 10.7. The lowest BCUT2D eigenvalue weighted by Gasteiger charge is -2.42. The highest BCUT2D eigenvalue weighted by Gasteiger charge is 2.69. The van der Waals surface area contributed by atoms with Crippen LogP contribution in [0, 0.1) is 0 Å². The summed E-state index contributed by atoms with van der Waals surface area (Å²) in [5.74, 6) is -4.55. The Kier molecular flexibility index (Phi) is 42.0. The van der Waals surface area contributed by atoms with Crippen LogP contribution in [0.2, 0.25) is 0 Å². The number of rotatable bonds is 70. The first kappa shape index (κ1) is 114. The van der Waals surface area contributed by atoms with Crippen molar-refractivity contribution in [3.8, 4) is 11.1 Å². The molecule has 0 unspecified atom stereocenters. The predicted octanol–water partition coefficient (Wildman–Crippen LogP) is 1.81. The smallest absolute Gasteiger partial charge is 0.407 e. The number of aromatic nitrogens is 9. The molecule has 0 saturated carbocycles. The molecule has 15 rings (SSSR count). The van der Waals surface area contributed by atoms with Gasteiger partial charge in [0.25, 0.3) is 0 Å². The molecule has 1 aliphatic carbocycles. The Morgan fingerprint density at radius 3 is 1.13 bits per heavy atom. The van der Waals surface area contributed by atoms with Gasteiger partial charge in [-0.3, -0.25) is 24.0 Å². The largest absolute Gasteiger partial charge is 0.449 e. The number of carbonyl (C=O) groups is 6. The van der Waals surface area contributed by atoms with E-state index in [4.69, 9.17) is 133 Å². The number of azide groups is 1. The molecule has 52 heteroatoms. The molecule has 3 aromatic heterocycles. The SMILES string of the molecule is CC(=O)N[C@H]1[C@H]2OC[C@](COCCOCCOCCOCCn3cc(COCC(COCc4cn(CCOCCOCCOCCOC[C@@]56CO[C@@H](O5)[C@H](NC(C)=O)[C@H]5OC(C)(C)O[C@H]56)nn4)(COCc4cn(CCOCCOCCOCCOC[C@@]56CO[C@@H](O5)[C@H](NC(C)=O)[C@H]5OC(C)(C)O[C@H]56)nn4)NC(=O)CCCCCNC(=O)[C@H](CN=[N+]=[N-])NC(=O)OCC4c5ccccc5-c5ccccc54)nn3)(O2)[C@@H]2OC(C)(C)O[C@H]12. The number of nitrogens with one attached hydrogen (secondary N) is 6. The van der Waals surface area contributed by atoms with Crippen molar-refractivity contribution in [2.45, 2.75) is 253 Å². The lowest BCUT2D eigenvalue weighted by atomic mass is 9.88. The normalized spacial score (nSPS) is 26.0. The number of amides is 6. The summed E-state index contributed by atoms with van der Waals surface area (Å²) in [6, 6.07) is 13.0. The van der Waals surface area contributed by atoms with E-state index >= 15 is 0 Å². The fourth-order valence-electron chi connectivity index (χ4n) is 19.4. The third-order valence-electron chi connectivity index (χ3n) is 26.0. The van der Waals surface area contributed by atoms with Gasteiger partial charge in [-0.1, -0.05) is 75.7 Å². The highest BCUT2D eigenvalue weighted by Crippen LogP contribution is 2.51. The van der Waals surface area contributed by atoms with Gasteiger partial charge in [0.15, 0.2) is 36.2 Å². The van der Waals surface area contributed by atoms with E-state index in [1.165, 1.54) is 20.8 Å². The molecular formula is C97H144N18O34. The monoisotopic (exact) mass is 2110 g/mol. The Bertz CT molecular complexity index is 4730. The van der Waals surface area contributed by atoms with Crippen LogP contribution in [0.25, 0.3) is 21.6 Å². The van der Waals surface area contributed by atoms with Crippen molar-refractivity contribution in [3.63, 3.8) is 0 Å². The highest BCUT2D eigenvalue weighted by atomic mass is 16.8. The average molecular weight is 2110 g/mol. The van der Waals surface area contributed by atoms with Crippen LogP contribution in [0.4, 0.5) is 4.79 Å². The Hall–Kier alpha value is -9.29. The van der Waals surface area contributed by atoms with Crippen molar-refractivity contribution < 1.29 is 161 Å². The molecule has 0 radical (unpaired) electrons. The standard InChI is InChI=1S/C97H144N18O34/c1-64(116)101-77-80-83(144-91(4,5)141-80)95(61-138-87(77)147-95)58-131-44-41-128-38-35-125-32-29-122-26-23-113-48-67(106-110-113)51-134-55-94(105-76(119)21-11-10-16-22-99-86(120)75(47-100-109-98)104-90(121)137-54-74-72-19-14-12-17-70(72)71-18-13-15-20-73(71)74,56-135-52-68-49-114(111-107-68)24-27-123-30-33-126-36-39-129-42-45-132-59-96-62-139-88(148-96)78(102-65(2)117)81-84(96)145-92(6,7)142-81)57-136-53-69-50-115(112-108-69)25-28-124-31-34-127-37-40-130-43-46-133-60-97-63-140-89(149-97)79(103-66(3)118)82-85(97)146-93(8,9)143-82/h12-15,17-20,48-50,74-75,77-85,87-89H,10-11,16,21-47,51-63H2,1-9H3,(H,99,120)(H,101,116)(H,102,117)(H,103,118)(H,104,121)(H,105,119)/t75-,77+,78+,79+,80+,81+,82+,83+,84+,85+,87-,88-,89-,95-,96-,97-/m0/s1. The fourth-order valence-corrected chi connectivity index (χ4v) is 19.4. The van der Waals surface area contributed by atoms with Crippen molar-refractivity contribution in [2.75, 3.05) is 218 Å². The predicted molar refractivity (Wildman–Crippen MR) is 512 cm³/mol. The van der Waals surface area contributed by atoms with E-state index in [2.05, 4.69) is 72.9 Å². The molecule has 52 nitrogen and oxygen atoms in total. The number of fused-ring (bicyclic) bond motifs is 15. The molecule has 9 aliphatic heterocycles. The van der Waals surface area contributed by atoms with E-state index in [0.717, 1.165) is 22.3 Å². The second-order valence-electron chi connectivity index (χ2n) is 39.3. The van der Waals surface area contributed by atoms with E-state index in [9.17, 15) is 34.3 Å². The van der Waals surface area contributed by atoms with Crippen molar-refractivity contribution in [1.82, 2.24) is 76.9 Å². The quantitative estimate of drug-likeness (QED) is 0.0140. The van der Waals surface area contributed by atoms with Crippen LogP contribution in [0.3, 0.4) is 0 Å². The number of nitrogens with zero attached hydrogens (tertiary/aromatic N) is 12. The molecule has 0 spiro atoms. The van der Waals surface area contributed by atoms with Gasteiger partial charge in [-0.15, -0.1) is 15.3 Å². The molecular weight excluding hydrogens is 1960 g/mol. The van der Waals surface area contributed by atoms with Crippen molar-refractivity contribution >= 4 is 35.6 Å². The number of ether oxygens (including phenoxy) is 28. The maximum atomic E-state index is 14.5. The van der Waals surface area contributed by atoms with Crippen LogP contribution in [-0.4, -0.2) is 418 Å². The van der Waals surface area contributed by atoms with Gasteiger partial charge >= 0.3 is 6.09 Å². The Morgan fingerprint density at radius 1 is 0.443 bits per heavy atom. The summed E-state index contributed by atoms with van der Waals surface area (Å²) in [6.07, 6.45) is 0.505. The molecule has 10 aliphatic rings. The number of carbonyl (C=O) groups excluding carboxylic acids is 6. The molecule has 16 atom stereocenters. The molecule has 6 amide bonds. The van der Waals surface area contributed by atoms with Crippen molar-refractivity contribution in [3.05, 3.63) is 106 Å². The van der Waals surface area contributed by atoms with Gasteiger partial charge in [-0.25, -0.2) is 18.8 Å². The molecule has 9 fully saturated rings.